The molecule has 3 aliphatic rings. The van der Waals surface area contributed by atoms with Gasteiger partial charge in [-0.3, -0.25) is 0 Å². The van der Waals surface area contributed by atoms with Crippen LogP contribution in [0, 0.1) is 0 Å². The van der Waals surface area contributed by atoms with E-state index in [0.29, 0.717) is 24.4 Å². The lowest BCUT2D eigenvalue weighted by Gasteiger charge is -2.20. The van der Waals surface area contributed by atoms with Crippen molar-refractivity contribution >= 4 is 18.1 Å². The van der Waals surface area contributed by atoms with Gasteiger partial charge in [-0.25, -0.2) is 4.79 Å². The summed E-state index contributed by atoms with van der Waals surface area (Å²) in [7, 11) is 0. The maximum Gasteiger partial charge on any atom is 0.334 e. The van der Waals surface area contributed by atoms with E-state index in [1.54, 1.807) is 6.92 Å². The highest BCUT2D eigenvalue weighted by atomic mass is 16.5. The molecule has 2 aliphatic heterocycles. The van der Waals surface area contributed by atoms with Gasteiger partial charge in [0.05, 0.1) is 5.56 Å². The zero-order valence-electron chi connectivity index (χ0n) is 15.6. The van der Waals surface area contributed by atoms with Crippen molar-refractivity contribution in [3.05, 3.63) is 70.5 Å². The van der Waals surface area contributed by atoms with Crippen LogP contribution in [0.4, 0.5) is 0 Å². The Bertz CT molecular complexity index is 944. The van der Waals surface area contributed by atoms with Gasteiger partial charge in [0.25, 0.3) is 0 Å². The maximum atomic E-state index is 11.5. The molecule has 0 aromatic heterocycles. The fraction of sp³-hybridized carbons (Fsp3) is 0.261. The lowest BCUT2D eigenvalue weighted by molar-refractivity contribution is -0.139. The minimum absolute atomic E-state index is 0.173. The van der Waals surface area contributed by atoms with Gasteiger partial charge in [0, 0.05) is 17.6 Å². The number of rotatable bonds is 5. The van der Waals surface area contributed by atoms with E-state index in [1.807, 2.05) is 31.2 Å². The lowest BCUT2D eigenvalue weighted by Crippen LogP contribution is -2.09. The van der Waals surface area contributed by atoms with Crippen LogP contribution in [0.1, 0.15) is 37.0 Å². The van der Waals surface area contributed by atoms with Gasteiger partial charge >= 0.3 is 5.97 Å². The smallest absolute Gasteiger partial charge is 0.334 e. The van der Waals surface area contributed by atoms with E-state index in [1.165, 1.54) is 5.56 Å². The molecule has 2 heterocycles. The van der Waals surface area contributed by atoms with Gasteiger partial charge in [-0.1, -0.05) is 24.3 Å². The molecule has 0 amide bonds. The highest BCUT2D eigenvalue weighted by molar-refractivity contribution is 5.90. The Labute approximate surface area is 159 Å². The van der Waals surface area contributed by atoms with Crippen LogP contribution in [0.3, 0.4) is 0 Å². The van der Waals surface area contributed by atoms with Crippen molar-refractivity contribution < 1.29 is 19.0 Å². The van der Waals surface area contributed by atoms with Crippen molar-refractivity contribution in [2.45, 2.75) is 32.8 Å². The molecule has 1 aromatic rings. The van der Waals surface area contributed by atoms with Crippen molar-refractivity contribution in [2.75, 3.05) is 6.61 Å². The Kier molecular flexibility index (Phi) is 4.48. The van der Waals surface area contributed by atoms with Gasteiger partial charge < -0.3 is 14.2 Å². The third kappa shape index (κ3) is 3.47. The van der Waals surface area contributed by atoms with Gasteiger partial charge in [0.15, 0.2) is 0 Å². The van der Waals surface area contributed by atoms with E-state index in [-0.39, 0.29) is 12.1 Å². The number of allylic oxidation sites excluding steroid dienone is 2. The van der Waals surface area contributed by atoms with Crippen molar-refractivity contribution in [2.24, 2.45) is 0 Å². The summed E-state index contributed by atoms with van der Waals surface area (Å²) in [6, 6.07) is 2.07. The second kappa shape index (κ2) is 6.95. The third-order valence-electron chi connectivity index (χ3n) is 4.90. The summed E-state index contributed by atoms with van der Waals surface area (Å²) >= 11 is 0. The highest BCUT2D eigenvalue weighted by Crippen LogP contribution is 2.42. The number of fused-ring (bicyclic) bond motifs is 2. The van der Waals surface area contributed by atoms with Gasteiger partial charge in [0.1, 0.15) is 30.0 Å². The number of ether oxygens (including phenoxy) is 3. The van der Waals surface area contributed by atoms with E-state index in [2.05, 4.69) is 24.8 Å². The molecule has 1 aromatic carbocycles. The second-order valence-corrected chi connectivity index (χ2v) is 7.06. The third-order valence-corrected chi connectivity index (χ3v) is 4.90. The van der Waals surface area contributed by atoms with Crippen LogP contribution in [0.2, 0.25) is 0 Å². The molecule has 0 bridgehead atoms. The van der Waals surface area contributed by atoms with Crippen molar-refractivity contribution in [1.29, 1.82) is 0 Å². The van der Waals surface area contributed by atoms with E-state index in [4.69, 9.17) is 14.2 Å². The molecule has 0 saturated carbocycles. The van der Waals surface area contributed by atoms with Gasteiger partial charge in [-0.2, -0.15) is 0 Å². The molecule has 4 rings (SSSR count). The summed E-state index contributed by atoms with van der Waals surface area (Å²) in [6.07, 6.45) is 13.4. The lowest BCUT2D eigenvalue weighted by atomic mass is 10.0. The van der Waals surface area contributed by atoms with Crippen LogP contribution >= 0.6 is 0 Å². The summed E-state index contributed by atoms with van der Waals surface area (Å²) in [5, 5.41) is 0. The number of carbonyl (C=O) groups is 1. The van der Waals surface area contributed by atoms with Crippen LogP contribution in [0.25, 0.3) is 12.2 Å². The maximum absolute atomic E-state index is 11.5. The zero-order valence-corrected chi connectivity index (χ0v) is 15.6. The number of hydrogen-bond acceptors (Lipinski definition) is 4. The summed E-state index contributed by atoms with van der Waals surface area (Å²) < 4.78 is 17.2. The Hall–Kier alpha value is -3.01. The molecular formula is C23H22O4. The average Bonchev–Trinajstić information content (AvgIpc) is 3.20. The van der Waals surface area contributed by atoms with Gasteiger partial charge in [-0.05, 0) is 56.2 Å². The Balaban J connectivity index is 1.49. The van der Waals surface area contributed by atoms with Gasteiger partial charge in [-0.15, -0.1) is 0 Å². The SMILES string of the molecule is C=C1C=Cc2c(cc3c(c2OC/C=C(\C)CC2C=C(C)C(=O)O2)C=CC3)O1. The largest absolute Gasteiger partial charge is 0.488 e. The van der Waals surface area contributed by atoms with E-state index >= 15 is 0 Å². The molecule has 0 N–H and O–H groups in total. The predicted octanol–water partition coefficient (Wildman–Crippen LogP) is 4.76. The van der Waals surface area contributed by atoms with E-state index < -0.39 is 0 Å². The standard InChI is InChI=1S/C23H22O4/c1-14(11-18-12-15(2)23(24)27-18)9-10-25-22-19-6-4-5-17(19)13-21-20(22)8-7-16(3)26-21/h4,6-9,12-13,18H,3,5,10-11H2,1-2H3/b14-9+. The number of hydrogen-bond donors (Lipinski definition) is 0. The molecule has 0 radical (unpaired) electrons. The normalized spacial score (nSPS) is 20.1. The van der Waals surface area contributed by atoms with Gasteiger partial charge in [0.2, 0.25) is 0 Å². The summed E-state index contributed by atoms with van der Waals surface area (Å²) in [4.78, 5) is 11.5. The van der Waals surface area contributed by atoms with Crippen molar-refractivity contribution in [3.8, 4) is 11.5 Å². The molecule has 4 heteroatoms. The first-order valence-corrected chi connectivity index (χ1v) is 9.10. The quantitative estimate of drug-likeness (QED) is 0.559. The van der Waals surface area contributed by atoms with E-state index in [0.717, 1.165) is 34.6 Å². The Morgan fingerprint density at radius 2 is 2.19 bits per heavy atom. The van der Waals surface area contributed by atoms with Crippen LogP contribution in [-0.2, 0) is 16.0 Å². The monoisotopic (exact) mass is 362 g/mol. The molecule has 0 fully saturated rings. The molecular weight excluding hydrogens is 340 g/mol. The molecule has 138 valence electrons. The molecule has 27 heavy (non-hydrogen) atoms. The number of benzene rings is 1. The van der Waals surface area contributed by atoms with E-state index in [9.17, 15) is 4.79 Å². The number of esters is 1. The number of cyclic esters (lactones) is 1. The Morgan fingerprint density at radius 1 is 1.33 bits per heavy atom. The topological polar surface area (TPSA) is 44.8 Å². The molecule has 1 atom stereocenters. The summed E-state index contributed by atoms with van der Waals surface area (Å²) in [5.74, 6) is 2.03. The molecule has 0 spiro atoms. The highest BCUT2D eigenvalue weighted by Gasteiger charge is 2.23. The predicted molar refractivity (Wildman–Crippen MR) is 105 cm³/mol. The van der Waals surface area contributed by atoms with Crippen LogP contribution in [-0.4, -0.2) is 18.7 Å². The molecule has 0 saturated heterocycles. The first-order valence-electron chi connectivity index (χ1n) is 9.10. The fourth-order valence-electron chi connectivity index (χ4n) is 3.50. The van der Waals surface area contributed by atoms with Crippen molar-refractivity contribution in [3.63, 3.8) is 0 Å². The second-order valence-electron chi connectivity index (χ2n) is 7.06. The summed E-state index contributed by atoms with van der Waals surface area (Å²) in [6.45, 7) is 8.11. The van der Waals surface area contributed by atoms with Crippen molar-refractivity contribution in [1.82, 2.24) is 0 Å². The molecule has 1 unspecified atom stereocenters. The average molecular weight is 362 g/mol. The fourth-order valence-corrected chi connectivity index (χ4v) is 3.50. The zero-order chi connectivity index (χ0) is 19.0. The van der Waals surface area contributed by atoms with Crippen LogP contribution in [0.15, 0.2) is 53.9 Å². The first kappa shape index (κ1) is 17.4. The molecule has 1 aliphatic carbocycles. The minimum Gasteiger partial charge on any atom is -0.488 e. The Morgan fingerprint density at radius 3 is 2.96 bits per heavy atom. The number of carbonyl (C=O) groups excluding carboxylic acids is 1. The summed E-state index contributed by atoms with van der Waals surface area (Å²) in [5.41, 5.74) is 5.06. The molecule has 4 nitrogen and oxygen atoms in total. The van der Waals surface area contributed by atoms with Crippen LogP contribution < -0.4 is 9.47 Å². The minimum atomic E-state index is -0.226. The first-order chi connectivity index (χ1) is 13.0. The van der Waals surface area contributed by atoms with Crippen LogP contribution in [0.5, 0.6) is 11.5 Å².